The van der Waals surface area contributed by atoms with Crippen molar-refractivity contribution in [2.24, 2.45) is 0 Å². The molecule has 2 fully saturated rings. The average Bonchev–Trinajstić information content (AvgIpc) is 2.54. The van der Waals surface area contributed by atoms with Gasteiger partial charge in [-0.1, -0.05) is 0 Å². The Hall–Kier alpha value is -0.610. The molecule has 0 aliphatic carbocycles. The fourth-order valence-corrected chi connectivity index (χ4v) is 2.78. The Bertz CT molecular complexity index is 238. The number of hydrogen-bond donors (Lipinski definition) is 2. The summed E-state index contributed by atoms with van der Waals surface area (Å²) in [5.74, 6) is 0.235. The monoisotopic (exact) mass is 225 g/mol. The van der Waals surface area contributed by atoms with E-state index in [0.717, 1.165) is 32.5 Å². The van der Waals surface area contributed by atoms with Gasteiger partial charge in [0.25, 0.3) is 0 Å². The van der Waals surface area contributed by atoms with Gasteiger partial charge in [-0.3, -0.25) is 9.69 Å². The van der Waals surface area contributed by atoms with Gasteiger partial charge in [-0.05, 0) is 52.2 Å². The fourth-order valence-electron chi connectivity index (χ4n) is 2.78. The van der Waals surface area contributed by atoms with Crippen molar-refractivity contribution in [3.63, 3.8) is 0 Å². The Morgan fingerprint density at radius 2 is 1.88 bits per heavy atom. The van der Waals surface area contributed by atoms with Crippen molar-refractivity contribution in [3.05, 3.63) is 0 Å². The molecule has 2 heterocycles. The molecule has 0 aromatic rings. The minimum absolute atomic E-state index is 0.102. The second-order valence-electron chi connectivity index (χ2n) is 4.95. The van der Waals surface area contributed by atoms with Crippen LogP contribution >= 0.6 is 0 Å². The van der Waals surface area contributed by atoms with E-state index in [1.165, 1.54) is 19.3 Å². The molecule has 0 saturated carbocycles. The maximum absolute atomic E-state index is 11.9. The fraction of sp³-hybridized carbons (Fsp3) is 0.917. The normalized spacial score (nSPS) is 28.9. The molecule has 2 rings (SSSR count). The van der Waals surface area contributed by atoms with Crippen molar-refractivity contribution < 1.29 is 4.79 Å². The van der Waals surface area contributed by atoms with Crippen LogP contribution in [0.3, 0.4) is 0 Å². The molecule has 0 bridgehead atoms. The number of rotatable bonds is 2. The first-order valence-corrected chi connectivity index (χ1v) is 6.49. The molecule has 1 amide bonds. The number of hydrogen-bond acceptors (Lipinski definition) is 3. The van der Waals surface area contributed by atoms with Gasteiger partial charge in [-0.2, -0.15) is 0 Å². The molecule has 4 nitrogen and oxygen atoms in total. The van der Waals surface area contributed by atoms with E-state index in [4.69, 9.17) is 0 Å². The highest BCUT2D eigenvalue weighted by Gasteiger charge is 2.29. The Kier molecular flexibility index (Phi) is 4.18. The molecule has 2 saturated heterocycles. The third-order valence-corrected chi connectivity index (χ3v) is 3.88. The van der Waals surface area contributed by atoms with Crippen LogP contribution in [0, 0.1) is 0 Å². The molecule has 0 aromatic heterocycles. The second-order valence-corrected chi connectivity index (χ2v) is 4.95. The Morgan fingerprint density at radius 1 is 1.12 bits per heavy atom. The zero-order chi connectivity index (χ0) is 11.4. The molecule has 1 unspecified atom stereocenters. The van der Waals surface area contributed by atoms with Crippen molar-refractivity contribution in [3.8, 4) is 0 Å². The van der Waals surface area contributed by atoms with Gasteiger partial charge in [-0.25, -0.2) is 0 Å². The molecule has 0 spiro atoms. The first-order valence-electron chi connectivity index (χ1n) is 6.49. The van der Waals surface area contributed by atoms with Crippen molar-refractivity contribution in [2.45, 2.75) is 44.2 Å². The summed E-state index contributed by atoms with van der Waals surface area (Å²) < 4.78 is 0. The van der Waals surface area contributed by atoms with E-state index in [-0.39, 0.29) is 11.9 Å². The highest BCUT2D eigenvalue weighted by Crippen LogP contribution is 2.18. The minimum Gasteiger partial charge on any atom is -0.355 e. The lowest BCUT2D eigenvalue weighted by Crippen LogP contribution is -2.51. The highest BCUT2D eigenvalue weighted by molar-refractivity contribution is 5.81. The highest BCUT2D eigenvalue weighted by atomic mass is 16.2. The van der Waals surface area contributed by atoms with E-state index in [1.54, 1.807) is 0 Å². The van der Waals surface area contributed by atoms with E-state index in [9.17, 15) is 4.79 Å². The Balaban J connectivity index is 1.95. The van der Waals surface area contributed by atoms with E-state index >= 15 is 0 Å². The number of likely N-dealkylation sites (N-methyl/N-ethyl adjacent to an activating group) is 1. The van der Waals surface area contributed by atoms with E-state index in [0.29, 0.717) is 6.04 Å². The van der Waals surface area contributed by atoms with Crippen LogP contribution in [-0.2, 0) is 4.79 Å². The van der Waals surface area contributed by atoms with Crippen LogP contribution in [-0.4, -0.2) is 49.6 Å². The molecule has 4 heteroatoms. The van der Waals surface area contributed by atoms with Crippen LogP contribution in [0.15, 0.2) is 0 Å². The predicted molar refractivity (Wildman–Crippen MR) is 64.3 cm³/mol. The SMILES string of the molecule is CN(C1CCNCC1)C1CCCCNC1=O. The molecular formula is C12H23N3O. The van der Waals surface area contributed by atoms with Gasteiger partial charge in [0.2, 0.25) is 5.91 Å². The summed E-state index contributed by atoms with van der Waals surface area (Å²) in [6.07, 6.45) is 5.65. The van der Waals surface area contributed by atoms with Crippen LogP contribution in [0.2, 0.25) is 0 Å². The summed E-state index contributed by atoms with van der Waals surface area (Å²) in [4.78, 5) is 14.2. The summed E-state index contributed by atoms with van der Waals surface area (Å²) in [7, 11) is 2.12. The van der Waals surface area contributed by atoms with E-state index in [1.807, 2.05) is 0 Å². The van der Waals surface area contributed by atoms with Crippen LogP contribution in [0.1, 0.15) is 32.1 Å². The van der Waals surface area contributed by atoms with Gasteiger partial charge in [-0.15, -0.1) is 0 Å². The first-order chi connectivity index (χ1) is 7.79. The van der Waals surface area contributed by atoms with Crippen LogP contribution < -0.4 is 10.6 Å². The minimum atomic E-state index is 0.102. The van der Waals surface area contributed by atoms with Crippen molar-refractivity contribution in [2.75, 3.05) is 26.7 Å². The molecule has 0 radical (unpaired) electrons. The molecule has 2 aliphatic rings. The Labute approximate surface area is 97.8 Å². The number of nitrogens with one attached hydrogen (secondary N) is 2. The predicted octanol–water partition coefficient (Wildman–Crippen LogP) is 0.339. The molecular weight excluding hydrogens is 202 g/mol. The largest absolute Gasteiger partial charge is 0.355 e. The van der Waals surface area contributed by atoms with Crippen LogP contribution in [0.4, 0.5) is 0 Å². The molecule has 0 aromatic carbocycles. The maximum Gasteiger partial charge on any atom is 0.237 e. The summed E-state index contributed by atoms with van der Waals surface area (Å²) in [6.45, 7) is 3.03. The van der Waals surface area contributed by atoms with Crippen LogP contribution in [0.25, 0.3) is 0 Å². The number of carbonyl (C=O) groups is 1. The second kappa shape index (κ2) is 5.64. The molecule has 2 aliphatic heterocycles. The zero-order valence-electron chi connectivity index (χ0n) is 10.2. The maximum atomic E-state index is 11.9. The molecule has 92 valence electrons. The summed E-state index contributed by atoms with van der Waals surface area (Å²) in [5.41, 5.74) is 0. The summed E-state index contributed by atoms with van der Waals surface area (Å²) in [5, 5.41) is 6.39. The average molecular weight is 225 g/mol. The van der Waals surface area contributed by atoms with Crippen LogP contribution in [0.5, 0.6) is 0 Å². The first kappa shape index (κ1) is 11.9. The number of carbonyl (C=O) groups excluding carboxylic acids is 1. The van der Waals surface area contributed by atoms with Gasteiger partial charge in [0.05, 0.1) is 6.04 Å². The summed E-state index contributed by atoms with van der Waals surface area (Å²) >= 11 is 0. The van der Waals surface area contributed by atoms with Crippen molar-refractivity contribution in [1.82, 2.24) is 15.5 Å². The molecule has 2 N–H and O–H groups in total. The van der Waals surface area contributed by atoms with Gasteiger partial charge in [0.15, 0.2) is 0 Å². The quantitative estimate of drug-likeness (QED) is 0.712. The van der Waals surface area contributed by atoms with Gasteiger partial charge < -0.3 is 10.6 Å². The zero-order valence-corrected chi connectivity index (χ0v) is 10.2. The standard InChI is InChI=1S/C12H23N3O/c1-15(10-5-8-13-9-6-10)11-4-2-3-7-14-12(11)16/h10-11,13H,2-9H2,1H3,(H,14,16). The molecule has 16 heavy (non-hydrogen) atoms. The smallest absolute Gasteiger partial charge is 0.237 e. The topological polar surface area (TPSA) is 44.4 Å². The van der Waals surface area contributed by atoms with Crippen molar-refractivity contribution in [1.29, 1.82) is 0 Å². The van der Waals surface area contributed by atoms with Gasteiger partial charge >= 0.3 is 0 Å². The van der Waals surface area contributed by atoms with E-state index in [2.05, 4.69) is 22.6 Å². The lowest BCUT2D eigenvalue weighted by molar-refractivity contribution is -0.126. The van der Waals surface area contributed by atoms with E-state index < -0.39 is 0 Å². The molecule has 1 atom stereocenters. The third kappa shape index (κ3) is 2.74. The van der Waals surface area contributed by atoms with Gasteiger partial charge in [0, 0.05) is 12.6 Å². The van der Waals surface area contributed by atoms with Crippen molar-refractivity contribution >= 4 is 5.91 Å². The third-order valence-electron chi connectivity index (χ3n) is 3.88. The van der Waals surface area contributed by atoms with Gasteiger partial charge in [0.1, 0.15) is 0 Å². The lowest BCUT2D eigenvalue weighted by atomic mass is 10.0. The number of amides is 1. The summed E-state index contributed by atoms with van der Waals surface area (Å²) in [6, 6.07) is 0.681. The Morgan fingerprint density at radius 3 is 2.62 bits per heavy atom. The number of nitrogens with zero attached hydrogens (tertiary/aromatic N) is 1. The lowest BCUT2D eigenvalue weighted by Gasteiger charge is -2.36. The number of piperidine rings is 1.